The van der Waals surface area contributed by atoms with E-state index < -0.39 is 0 Å². The van der Waals surface area contributed by atoms with Gasteiger partial charge in [0.2, 0.25) is 0 Å². The summed E-state index contributed by atoms with van der Waals surface area (Å²) in [6.45, 7) is 6.58. The highest BCUT2D eigenvalue weighted by molar-refractivity contribution is 6.30. The molecular weight excluding hydrogens is 277 g/mol. The molecule has 0 aromatic heterocycles. The number of rotatable bonds is 10. The van der Waals surface area contributed by atoms with Gasteiger partial charge in [0.1, 0.15) is 5.82 Å². The zero-order valence-electron chi connectivity index (χ0n) is 12.4. The van der Waals surface area contributed by atoms with Crippen molar-refractivity contribution in [1.82, 2.24) is 5.32 Å². The van der Waals surface area contributed by atoms with Gasteiger partial charge in [0.15, 0.2) is 0 Å². The molecule has 0 heterocycles. The minimum Gasteiger partial charge on any atom is -0.382 e. The van der Waals surface area contributed by atoms with Gasteiger partial charge in [0.25, 0.3) is 0 Å². The fraction of sp³-hybridized carbons (Fsp3) is 0.625. The third-order valence-electron chi connectivity index (χ3n) is 3.23. The van der Waals surface area contributed by atoms with Crippen molar-refractivity contribution < 1.29 is 9.13 Å². The van der Waals surface area contributed by atoms with Crippen LogP contribution >= 0.6 is 11.6 Å². The van der Waals surface area contributed by atoms with Crippen LogP contribution in [0.1, 0.15) is 38.7 Å². The fourth-order valence-electron chi connectivity index (χ4n) is 2.17. The second kappa shape index (κ2) is 10.1. The van der Waals surface area contributed by atoms with Crippen LogP contribution in [0.4, 0.5) is 4.39 Å². The summed E-state index contributed by atoms with van der Waals surface area (Å²) in [6, 6.07) is 5.47. The molecule has 0 fully saturated rings. The topological polar surface area (TPSA) is 21.3 Å². The van der Waals surface area contributed by atoms with E-state index in [1.165, 1.54) is 0 Å². The maximum absolute atomic E-state index is 13.9. The van der Waals surface area contributed by atoms with Gasteiger partial charge in [-0.05, 0) is 50.8 Å². The molecule has 1 atom stereocenters. The number of nitrogens with one attached hydrogen (secondary N) is 1. The van der Waals surface area contributed by atoms with Gasteiger partial charge in [-0.25, -0.2) is 4.39 Å². The van der Waals surface area contributed by atoms with Gasteiger partial charge in [0, 0.05) is 19.3 Å². The standard InChI is InChI=1S/C16H25ClFNO/c1-3-10-19-14(8-6-11-20-4-2)12-13-7-5-9-15(17)16(13)18/h5,7,9,14,19H,3-4,6,8,10-12H2,1-2H3. The molecule has 0 aliphatic rings. The number of benzene rings is 1. The summed E-state index contributed by atoms with van der Waals surface area (Å²) in [5, 5.41) is 3.68. The highest BCUT2D eigenvalue weighted by atomic mass is 35.5. The Kier molecular flexibility index (Phi) is 8.83. The minimum atomic E-state index is -0.290. The van der Waals surface area contributed by atoms with Gasteiger partial charge in [-0.15, -0.1) is 0 Å². The Morgan fingerprint density at radius 1 is 1.35 bits per heavy atom. The van der Waals surface area contributed by atoms with Gasteiger partial charge in [-0.2, -0.15) is 0 Å². The van der Waals surface area contributed by atoms with Crippen molar-refractivity contribution in [3.63, 3.8) is 0 Å². The molecule has 20 heavy (non-hydrogen) atoms. The quantitative estimate of drug-likeness (QED) is 0.654. The monoisotopic (exact) mass is 301 g/mol. The summed E-state index contributed by atoms with van der Waals surface area (Å²) >= 11 is 5.83. The van der Waals surface area contributed by atoms with E-state index in [9.17, 15) is 4.39 Å². The predicted molar refractivity (Wildman–Crippen MR) is 82.9 cm³/mol. The summed E-state index contributed by atoms with van der Waals surface area (Å²) < 4.78 is 19.3. The molecule has 0 bridgehead atoms. The molecule has 1 unspecified atom stereocenters. The van der Waals surface area contributed by atoms with Crippen LogP contribution in [-0.4, -0.2) is 25.8 Å². The lowest BCUT2D eigenvalue weighted by molar-refractivity contribution is 0.140. The normalized spacial score (nSPS) is 12.6. The average molecular weight is 302 g/mol. The van der Waals surface area contributed by atoms with Crippen molar-refractivity contribution in [2.24, 2.45) is 0 Å². The van der Waals surface area contributed by atoms with Crippen LogP contribution in [0.25, 0.3) is 0 Å². The molecule has 2 nitrogen and oxygen atoms in total. The molecule has 0 spiro atoms. The van der Waals surface area contributed by atoms with Gasteiger partial charge in [-0.3, -0.25) is 0 Å². The van der Waals surface area contributed by atoms with Gasteiger partial charge in [-0.1, -0.05) is 30.7 Å². The SMILES string of the molecule is CCCNC(CCCOCC)Cc1cccc(Cl)c1F. The molecule has 0 aliphatic carbocycles. The molecule has 1 aromatic rings. The number of hydrogen-bond acceptors (Lipinski definition) is 2. The summed E-state index contributed by atoms with van der Waals surface area (Å²) in [7, 11) is 0. The van der Waals surface area contributed by atoms with Gasteiger partial charge in [0.05, 0.1) is 5.02 Å². The van der Waals surface area contributed by atoms with Crippen LogP contribution in [0, 0.1) is 5.82 Å². The van der Waals surface area contributed by atoms with Crippen LogP contribution in [0.5, 0.6) is 0 Å². The zero-order chi connectivity index (χ0) is 14.8. The lowest BCUT2D eigenvalue weighted by Gasteiger charge is -2.19. The molecule has 0 saturated heterocycles. The summed E-state index contributed by atoms with van der Waals surface area (Å²) in [4.78, 5) is 0. The van der Waals surface area contributed by atoms with Crippen LogP contribution < -0.4 is 5.32 Å². The summed E-state index contributed by atoms with van der Waals surface area (Å²) in [5.41, 5.74) is 0.683. The van der Waals surface area contributed by atoms with Crippen molar-refractivity contribution in [2.45, 2.75) is 45.6 Å². The van der Waals surface area contributed by atoms with E-state index in [1.54, 1.807) is 12.1 Å². The minimum absolute atomic E-state index is 0.200. The Morgan fingerprint density at radius 2 is 2.15 bits per heavy atom. The number of hydrogen-bond donors (Lipinski definition) is 1. The summed E-state index contributed by atoms with van der Waals surface area (Å²) in [6.07, 6.45) is 3.70. The van der Waals surface area contributed by atoms with Crippen molar-refractivity contribution in [2.75, 3.05) is 19.8 Å². The second-order valence-corrected chi connectivity index (χ2v) is 5.31. The molecule has 114 valence electrons. The number of halogens is 2. The van der Waals surface area contributed by atoms with Crippen LogP contribution in [0.2, 0.25) is 5.02 Å². The predicted octanol–water partition coefficient (Wildman–Crippen LogP) is 4.21. The first-order chi connectivity index (χ1) is 9.69. The molecule has 1 N–H and O–H groups in total. The molecule has 0 aliphatic heterocycles. The van der Waals surface area contributed by atoms with Gasteiger partial charge < -0.3 is 10.1 Å². The average Bonchev–Trinajstić information content (AvgIpc) is 2.45. The highest BCUT2D eigenvalue weighted by Gasteiger charge is 2.13. The first-order valence-corrected chi connectivity index (χ1v) is 7.80. The molecule has 0 radical (unpaired) electrons. The van der Waals surface area contributed by atoms with Crippen molar-refractivity contribution in [3.05, 3.63) is 34.6 Å². The summed E-state index contributed by atoms with van der Waals surface area (Å²) in [5.74, 6) is -0.290. The van der Waals surface area contributed by atoms with E-state index in [0.717, 1.165) is 39.0 Å². The zero-order valence-corrected chi connectivity index (χ0v) is 13.2. The smallest absolute Gasteiger partial charge is 0.145 e. The third-order valence-corrected chi connectivity index (χ3v) is 3.52. The largest absolute Gasteiger partial charge is 0.382 e. The first-order valence-electron chi connectivity index (χ1n) is 7.43. The van der Waals surface area contributed by atoms with Crippen molar-refractivity contribution in [3.8, 4) is 0 Å². The Labute approximate surface area is 126 Å². The maximum atomic E-state index is 13.9. The Balaban J connectivity index is 2.56. The Bertz CT molecular complexity index is 387. The highest BCUT2D eigenvalue weighted by Crippen LogP contribution is 2.20. The van der Waals surface area contributed by atoms with Gasteiger partial charge >= 0.3 is 0 Å². The molecule has 0 amide bonds. The van der Waals surface area contributed by atoms with Crippen LogP contribution in [0.15, 0.2) is 18.2 Å². The lowest BCUT2D eigenvalue weighted by Crippen LogP contribution is -2.32. The van der Waals surface area contributed by atoms with Crippen LogP contribution in [-0.2, 0) is 11.2 Å². The van der Waals surface area contributed by atoms with Crippen molar-refractivity contribution >= 4 is 11.6 Å². The maximum Gasteiger partial charge on any atom is 0.145 e. The van der Waals surface area contributed by atoms with E-state index >= 15 is 0 Å². The van der Waals surface area contributed by atoms with E-state index in [0.29, 0.717) is 12.0 Å². The van der Waals surface area contributed by atoms with Crippen molar-refractivity contribution in [1.29, 1.82) is 0 Å². The third kappa shape index (κ3) is 6.21. The van der Waals surface area contributed by atoms with E-state index in [1.807, 2.05) is 13.0 Å². The number of ether oxygens (including phenoxy) is 1. The molecule has 4 heteroatoms. The van der Waals surface area contributed by atoms with E-state index in [2.05, 4.69) is 12.2 Å². The Morgan fingerprint density at radius 3 is 2.85 bits per heavy atom. The lowest BCUT2D eigenvalue weighted by atomic mass is 10.0. The second-order valence-electron chi connectivity index (χ2n) is 4.91. The molecular formula is C16H25ClFNO. The van der Waals surface area contributed by atoms with E-state index in [-0.39, 0.29) is 16.9 Å². The molecule has 1 aromatic carbocycles. The molecule has 1 rings (SSSR count). The van der Waals surface area contributed by atoms with Crippen LogP contribution in [0.3, 0.4) is 0 Å². The molecule has 0 saturated carbocycles. The van der Waals surface area contributed by atoms with E-state index in [4.69, 9.17) is 16.3 Å². The fourth-order valence-corrected chi connectivity index (χ4v) is 2.37. The first kappa shape index (κ1) is 17.4. The Hall–Kier alpha value is -0.640.